The molecule has 2 N–H and O–H groups in total. The lowest BCUT2D eigenvalue weighted by Crippen LogP contribution is -2.39. The summed E-state index contributed by atoms with van der Waals surface area (Å²) in [7, 11) is -3.72. The van der Waals surface area contributed by atoms with Gasteiger partial charge in [-0.2, -0.15) is 8.42 Å². The molecule has 12 heteroatoms. The first-order chi connectivity index (χ1) is 13.8. The summed E-state index contributed by atoms with van der Waals surface area (Å²) in [6.45, 7) is 2.02. The third-order valence-electron chi connectivity index (χ3n) is 4.91. The van der Waals surface area contributed by atoms with Gasteiger partial charge in [-0.1, -0.05) is 0 Å². The number of carbonyl (C=O) groups excluding carboxylic acids is 2. The van der Waals surface area contributed by atoms with E-state index in [1.54, 1.807) is 6.08 Å². The zero-order chi connectivity index (χ0) is 21.0. The fourth-order valence-electron chi connectivity index (χ4n) is 3.37. The molecule has 3 rings (SSSR count). The van der Waals surface area contributed by atoms with Crippen molar-refractivity contribution < 1.29 is 36.8 Å². The number of amides is 1. The lowest BCUT2D eigenvalue weighted by atomic mass is 9.93. The number of ether oxygens (including phenoxy) is 1. The first-order valence-corrected chi connectivity index (χ1v) is 10.7. The Balaban J connectivity index is 1.49. The topological polar surface area (TPSA) is 143 Å². The molecular weight excluding hydrogens is 406 g/mol. The Labute approximate surface area is 168 Å². The second kappa shape index (κ2) is 9.03. The van der Waals surface area contributed by atoms with Gasteiger partial charge in [-0.15, -0.1) is 0 Å². The number of carboxylic acids is 1. The zero-order valence-corrected chi connectivity index (χ0v) is 16.5. The van der Waals surface area contributed by atoms with Gasteiger partial charge in [0.15, 0.2) is 0 Å². The quantitative estimate of drug-likeness (QED) is 0.252. The second-order valence-electron chi connectivity index (χ2n) is 6.84. The van der Waals surface area contributed by atoms with Gasteiger partial charge in [0.25, 0.3) is 16.0 Å². The van der Waals surface area contributed by atoms with Gasteiger partial charge in [-0.25, -0.2) is 4.18 Å². The molecule has 2 heterocycles. The summed E-state index contributed by atoms with van der Waals surface area (Å²) in [6.07, 6.45) is 3.22. The Morgan fingerprint density at radius 2 is 2.00 bits per heavy atom. The molecule has 0 aromatic heterocycles. The van der Waals surface area contributed by atoms with E-state index in [2.05, 4.69) is 5.32 Å². The highest BCUT2D eigenvalue weighted by Gasteiger charge is 2.45. The fraction of sp³-hybridized carbons (Fsp3) is 0.588. The van der Waals surface area contributed by atoms with Crippen LogP contribution < -0.4 is 5.32 Å². The molecule has 0 spiro atoms. The molecule has 29 heavy (non-hydrogen) atoms. The van der Waals surface area contributed by atoms with Crippen LogP contribution >= 0.6 is 0 Å². The van der Waals surface area contributed by atoms with Gasteiger partial charge in [0, 0.05) is 37.4 Å². The van der Waals surface area contributed by atoms with Crippen LogP contribution in [0.5, 0.6) is 0 Å². The average Bonchev–Trinajstić information content (AvgIpc) is 2.91. The molecule has 1 amide bonds. The predicted octanol–water partition coefficient (Wildman–Crippen LogP) is -1.50. The molecule has 1 unspecified atom stereocenters. The number of likely N-dealkylation sites (tertiary alicyclic amines) is 1. The first kappa shape index (κ1) is 21.4. The summed E-state index contributed by atoms with van der Waals surface area (Å²) < 4.78 is 34.2. The number of rotatable bonds is 9. The van der Waals surface area contributed by atoms with Crippen LogP contribution in [-0.2, 0) is 33.4 Å². The Bertz CT molecular complexity index is 845. The molecule has 2 fully saturated rings. The van der Waals surface area contributed by atoms with Crippen LogP contribution in [0.4, 0.5) is 0 Å². The molecule has 0 saturated carbocycles. The minimum absolute atomic E-state index is 0.141. The number of allylic oxidation sites excluding steroid dienone is 4. The van der Waals surface area contributed by atoms with E-state index in [1.807, 2.05) is 4.90 Å². The van der Waals surface area contributed by atoms with Crippen molar-refractivity contribution in [2.24, 2.45) is 5.92 Å². The molecule has 2 saturated heterocycles. The monoisotopic (exact) mass is 429 g/mol. The largest absolute Gasteiger partial charge is 0.480 e. The number of nitrogens with one attached hydrogen (secondary N) is 1. The van der Waals surface area contributed by atoms with Gasteiger partial charge in [0.1, 0.15) is 13.3 Å². The number of hydrogen-bond donors (Lipinski definition) is 2. The average molecular weight is 429 g/mol. The Morgan fingerprint density at radius 1 is 1.28 bits per heavy atom. The molecule has 11 nitrogen and oxygen atoms in total. The molecule has 1 atom stereocenters. The molecule has 0 aromatic carbocycles. The molecule has 0 aromatic rings. The van der Waals surface area contributed by atoms with E-state index >= 15 is 0 Å². The standard InChI is InChI=1S/C17H23N3O8S/c21-15(22)10-20-14-2-1-12(9-13(14)16(23)17(20)24)18-11-28-29(25,26)8-5-19-3-6-27-7-4-19/h1-2,13,18H,3-11H2,(H,21,22). The van der Waals surface area contributed by atoms with E-state index < -0.39 is 40.2 Å². The molecular formula is C17H23N3O8S. The Morgan fingerprint density at radius 3 is 2.69 bits per heavy atom. The van der Waals surface area contributed by atoms with Crippen LogP contribution in [0.25, 0.3) is 0 Å². The Hall–Kier alpha value is -2.28. The lowest BCUT2D eigenvalue weighted by Gasteiger charge is -2.26. The molecule has 0 radical (unpaired) electrons. The number of ketones is 1. The lowest BCUT2D eigenvalue weighted by molar-refractivity contribution is -0.145. The summed E-state index contributed by atoms with van der Waals surface area (Å²) in [4.78, 5) is 37.9. The number of Topliss-reactive ketones (excluding diaryl/α,β-unsaturated/α-hetero) is 1. The second-order valence-corrected chi connectivity index (χ2v) is 8.60. The van der Waals surface area contributed by atoms with Gasteiger partial charge in [0.2, 0.25) is 5.78 Å². The summed E-state index contributed by atoms with van der Waals surface area (Å²) in [5.74, 6) is -3.65. The van der Waals surface area contributed by atoms with Crippen LogP contribution in [0, 0.1) is 5.92 Å². The van der Waals surface area contributed by atoms with Crippen molar-refractivity contribution in [3.05, 3.63) is 23.5 Å². The van der Waals surface area contributed by atoms with Crippen LogP contribution in [0.3, 0.4) is 0 Å². The van der Waals surface area contributed by atoms with Crippen LogP contribution in [-0.4, -0.2) is 92.9 Å². The van der Waals surface area contributed by atoms with Gasteiger partial charge in [0.05, 0.1) is 24.9 Å². The number of aliphatic carboxylic acids is 1. The van der Waals surface area contributed by atoms with Crippen molar-refractivity contribution in [2.45, 2.75) is 6.42 Å². The maximum absolute atomic E-state index is 12.1. The SMILES string of the molecule is O=C(O)CN1C(=O)C(=O)C2CC(NCOS(=O)(=O)CCN3CCOCC3)=CC=C21. The maximum atomic E-state index is 12.1. The van der Waals surface area contributed by atoms with Gasteiger partial charge < -0.3 is 15.2 Å². The number of carboxylic acid groups (broad SMARTS) is 1. The molecule has 160 valence electrons. The van der Waals surface area contributed by atoms with E-state index in [1.165, 1.54) is 6.08 Å². The molecule has 0 bridgehead atoms. The maximum Gasteiger partial charge on any atom is 0.323 e. The summed E-state index contributed by atoms with van der Waals surface area (Å²) in [5.41, 5.74) is 0.868. The third-order valence-corrected chi connectivity index (χ3v) is 6.07. The van der Waals surface area contributed by atoms with E-state index in [4.69, 9.17) is 14.0 Å². The highest BCUT2D eigenvalue weighted by molar-refractivity contribution is 7.86. The van der Waals surface area contributed by atoms with Crippen LogP contribution in [0.15, 0.2) is 23.5 Å². The van der Waals surface area contributed by atoms with E-state index in [9.17, 15) is 22.8 Å². The van der Waals surface area contributed by atoms with Crippen molar-refractivity contribution in [3.8, 4) is 0 Å². The van der Waals surface area contributed by atoms with Gasteiger partial charge >= 0.3 is 5.97 Å². The number of morpholine rings is 1. The third kappa shape index (κ3) is 5.41. The minimum atomic E-state index is -3.72. The number of hydrogen-bond acceptors (Lipinski definition) is 9. The zero-order valence-electron chi connectivity index (χ0n) is 15.7. The summed E-state index contributed by atoms with van der Waals surface area (Å²) in [6, 6.07) is 0. The Kier molecular flexibility index (Phi) is 6.67. The predicted molar refractivity (Wildman–Crippen MR) is 98.8 cm³/mol. The van der Waals surface area contributed by atoms with E-state index in [0.717, 1.165) is 4.90 Å². The number of nitrogens with zero attached hydrogens (tertiary/aromatic N) is 2. The highest BCUT2D eigenvalue weighted by Crippen LogP contribution is 2.33. The normalized spacial score (nSPS) is 22.9. The summed E-state index contributed by atoms with van der Waals surface area (Å²) in [5, 5.41) is 11.7. The minimum Gasteiger partial charge on any atom is -0.480 e. The van der Waals surface area contributed by atoms with Crippen LogP contribution in [0.1, 0.15) is 6.42 Å². The number of fused-ring (bicyclic) bond motifs is 1. The van der Waals surface area contributed by atoms with E-state index in [-0.39, 0.29) is 18.9 Å². The highest BCUT2D eigenvalue weighted by atomic mass is 32.2. The smallest absolute Gasteiger partial charge is 0.323 e. The van der Waals surface area contributed by atoms with Gasteiger partial charge in [-0.05, 0) is 12.2 Å². The van der Waals surface area contributed by atoms with Crippen LogP contribution in [0.2, 0.25) is 0 Å². The molecule has 2 aliphatic heterocycles. The molecule has 3 aliphatic rings. The van der Waals surface area contributed by atoms with Crippen molar-refractivity contribution >= 4 is 27.8 Å². The van der Waals surface area contributed by atoms with E-state index in [0.29, 0.717) is 44.2 Å². The van der Waals surface area contributed by atoms with Crippen molar-refractivity contribution in [1.82, 2.24) is 15.1 Å². The fourth-order valence-corrected chi connectivity index (χ4v) is 4.20. The first-order valence-electron chi connectivity index (χ1n) is 9.16. The molecule has 1 aliphatic carbocycles. The summed E-state index contributed by atoms with van der Waals surface area (Å²) >= 11 is 0. The number of carbonyl (C=O) groups is 3. The van der Waals surface area contributed by atoms with Crippen molar-refractivity contribution in [1.29, 1.82) is 0 Å². The van der Waals surface area contributed by atoms with Crippen molar-refractivity contribution in [3.63, 3.8) is 0 Å². The van der Waals surface area contributed by atoms with Crippen molar-refractivity contribution in [2.75, 3.05) is 51.9 Å². The van der Waals surface area contributed by atoms with Gasteiger partial charge in [-0.3, -0.25) is 24.2 Å².